The molecule has 2 rings (SSSR count). The second kappa shape index (κ2) is 4.33. The van der Waals surface area contributed by atoms with Crippen LogP contribution in [0.5, 0.6) is 0 Å². The SMILES string of the molecule is Cc1cc(C)[n+](-c2cccc(C)c2C)c(C)c1. The van der Waals surface area contributed by atoms with Crippen molar-refractivity contribution < 1.29 is 4.57 Å². The molecule has 0 N–H and O–H groups in total. The van der Waals surface area contributed by atoms with Gasteiger partial charge in [0, 0.05) is 37.6 Å². The van der Waals surface area contributed by atoms with Gasteiger partial charge in [-0.15, -0.1) is 0 Å². The Balaban J connectivity index is 2.73. The van der Waals surface area contributed by atoms with E-state index in [1.54, 1.807) is 0 Å². The standard InChI is InChI=1S/C16H20N/c1-11-9-13(3)17(14(4)10-11)16-8-6-7-12(2)15(16)5/h6-10H,1-5H3/q+1. The molecule has 1 heteroatoms. The van der Waals surface area contributed by atoms with Crippen LogP contribution >= 0.6 is 0 Å². The van der Waals surface area contributed by atoms with Gasteiger partial charge in [-0.1, -0.05) is 12.1 Å². The predicted octanol–water partition coefficient (Wildman–Crippen LogP) is 3.51. The monoisotopic (exact) mass is 226 g/mol. The minimum Gasteiger partial charge on any atom is -0.162 e. The highest BCUT2D eigenvalue weighted by atomic mass is 15.0. The minimum absolute atomic E-state index is 1.29. The maximum absolute atomic E-state index is 2.33. The van der Waals surface area contributed by atoms with Gasteiger partial charge in [-0.05, 0) is 31.9 Å². The summed E-state index contributed by atoms with van der Waals surface area (Å²) in [6.45, 7) is 10.8. The van der Waals surface area contributed by atoms with Crippen LogP contribution in [0.1, 0.15) is 28.1 Å². The molecule has 1 heterocycles. The average molecular weight is 226 g/mol. The number of aromatic nitrogens is 1. The Morgan fingerprint density at radius 3 is 2.00 bits per heavy atom. The van der Waals surface area contributed by atoms with Gasteiger partial charge < -0.3 is 0 Å². The van der Waals surface area contributed by atoms with Crippen LogP contribution in [0.15, 0.2) is 30.3 Å². The maximum atomic E-state index is 2.33. The highest BCUT2D eigenvalue weighted by Gasteiger charge is 2.17. The van der Waals surface area contributed by atoms with Gasteiger partial charge in [0.05, 0.1) is 0 Å². The topological polar surface area (TPSA) is 3.88 Å². The molecule has 0 aliphatic rings. The molecule has 0 radical (unpaired) electrons. The van der Waals surface area contributed by atoms with E-state index in [2.05, 4.69) is 69.5 Å². The average Bonchev–Trinajstić information content (AvgIpc) is 2.23. The maximum Gasteiger partial charge on any atom is 0.214 e. The van der Waals surface area contributed by atoms with Crippen LogP contribution in [0.25, 0.3) is 5.69 Å². The highest BCUT2D eigenvalue weighted by Crippen LogP contribution is 2.15. The Bertz CT molecular complexity index is 545. The summed E-state index contributed by atoms with van der Waals surface area (Å²) in [6.07, 6.45) is 0. The number of benzene rings is 1. The summed E-state index contributed by atoms with van der Waals surface area (Å²) in [6, 6.07) is 10.9. The van der Waals surface area contributed by atoms with Crippen molar-refractivity contribution in [3.05, 3.63) is 58.4 Å². The smallest absolute Gasteiger partial charge is 0.162 e. The quantitative estimate of drug-likeness (QED) is 0.655. The Morgan fingerprint density at radius 1 is 0.824 bits per heavy atom. The molecule has 0 spiro atoms. The van der Waals surface area contributed by atoms with Gasteiger partial charge in [0.15, 0.2) is 11.4 Å². The zero-order valence-electron chi connectivity index (χ0n) is 11.3. The van der Waals surface area contributed by atoms with E-state index in [0.717, 1.165) is 0 Å². The summed E-state index contributed by atoms with van der Waals surface area (Å²) in [7, 11) is 0. The molecule has 1 aromatic carbocycles. The van der Waals surface area contributed by atoms with E-state index in [1.165, 1.54) is 33.8 Å². The zero-order valence-corrected chi connectivity index (χ0v) is 11.3. The van der Waals surface area contributed by atoms with Crippen LogP contribution in [0.4, 0.5) is 0 Å². The highest BCUT2D eigenvalue weighted by molar-refractivity contribution is 5.39. The van der Waals surface area contributed by atoms with Crippen molar-refractivity contribution in [1.82, 2.24) is 0 Å². The molecule has 0 aliphatic heterocycles. The number of aryl methyl sites for hydroxylation is 4. The Labute approximate surface area is 104 Å². The normalized spacial score (nSPS) is 10.6. The van der Waals surface area contributed by atoms with E-state index < -0.39 is 0 Å². The molecule has 0 atom stereocenters. The number of nitrogens with zero attached hydrogens (tertiary/aromatic N) is 1. The summed E-state index contributed by atoms with van der Waals surface area (Å²) in [5.41, 5.74) is 7.89. The number of hydrogen-bond acceptors (Lipinski definition) is 0. The van der Waals surface area contributed by atoms with E-state index in [0.29, 0.717) is 0 Å². The van der Waals surface area contributed by atoms with E-state index in [-0.39, 0.29) is 0 Å². The Hall–Kier alpha value is -1.63. The second-order valence-electron chi connectivity index (χ2n) is 4.87. The summed E-state index contributed by atoms with van der Waals surface area (Å²) in [5.74, 6) is 0. The number of rotatable bonds is 1. The first kappa shape index (κ1) is 11.8. The molecule has 0 bridgehead atoms. The molecule has 0 unspecified atom stereocenters. The number of hydrogen-bond donors (Lipinski definition) is 0. The van der Waals surface area contributed by atoms with Gasteiger partial charge in [0.2, 0.25) is 5.69 Å². The van der Waals surface area contributed by atoms with Gasteiger partial charge in [0.1, 0.15) is 0 Å². The molecule has 1 aromatic heterocycles. The first-order chi connectivity index (χ1) is 8.00. The van der Waals surface area contributed by atoms with Gasteiger partial charge in [-0.3, -0.25) is 0 Å². The molecule has 88 valence electrons. The van der Waals surface area contributed by atoms with Crippen LogP contribution in [-0.2, 0) is 0 Å². The van der Waals surface area contributed by atoms with Crippen LogP contribution in [0.3, 0.4) is 0 Å². The van der Waals surface area contributed by atoms with Crippen molar-refractivity contribution in [3.63, 3.8) is 0 Å². The molecular weight excluding hydrogens is 206 g/mol. The lowest BCUT2D eigenvalue weighted by molar-refractivity contribution is -0.610. The largest absolute Gasteiger partial charge is 0.214 e. The van der Waals surface area contributed by atoms with Crippen molar-refractivity contribution >= 4 is 0 Å². The molecule has 1 nitrogen and oxygen atoms in total. The van der Waals surface area contributed by atoms with Gasteiger partial charge in [0.25, 0.3) is 0 Å². The number of pyridine rings is 1. The van der Waals surface area contributed by atoms with Crippen molar-refractivity contribution in [2.24, 2.45) is 0 Å². The van der Waals surface area contributed by atoms with Crippen molar-refractivity contribution in [2.45, 2.75) is 34.6 Å². The first-order valence-corrected chi connectivity index (χ1v) is 6.07. The zero-order chi connectivity index (χ0) is 12.6. The molecule has 0 fully saturated rings. The Kier molecular flexibility index (Phi) is 3.01. The van der Waals surface area contributed by atoms with Gasteiger partial charge in [-0.25, -0.2) is 0 Å². The van der Waals surface area contributed by atoms with Crippen molar-refractivity contribution in [2.75, 3.05) is 0 Å². The van der Waals surface area contributed by atoms with E-state index in [9.17, 15) is 0 Å². The summed E-state index contributed by atoms with van der Waals surface area (Å²) >= 11 is 0. The molecule has 17 heavy (non-hydrogen) atoms. The molecule has 0 amide bonds. The third-order valence-corrected chi connectivity index (χ3v) is 3.40. The van der Waals surface area contributed by atoms with Crippen LogP contribution in [0.2, 0.25) is 0 Å². The van der Waals surface area contributed by atoms with Crippen LogP contribution in [0, 0.1) is 34.6 Å². The fourth-order valence-corrected chi connectivity index (χ4v) is 2.47. The van der Waals surface area contributed by atoms with Gasteiger partial charge in [-0.2, -0.15) is 4.57 Å². The summed E-state index contributed by atoms with van der Waals surface area (Å²) < 4.78 is 2.33. The molecule has 2 aromatic rings. The molecule has 0 saturated carbocycles. The second-order valence-corrected chi connectivity index (χ2v) is 4.87. The summed E-state index contributed by atoms with van der Waals surface area (Å²) in [5, 5.41) is 0. The fraction of sp³-hybridized carbons (Fsp3) is 0.312. The van der Waals surface area contributed by atoms with E-state index in [1.807, 2.05) is 0 Å². The van der Waals surface area contributed by atoms with Gasteiger partial charge >= 0.3 is 0 Å². The molecular formula is C16H20N+. The Morgan fingerprint density at radius 2 is 1.41 bits per heavy atom. The molecule has 0 aliphatic carbocycles. The minimum atomic E-state index is 1.29. The third kappa shape index (κ3) is 2.10. The van der Waals surface area contributed by atoms with Crippen LogP contribution in [-0.4, -0.2) is 0 Å². The van der Waals surface area contributed by atoms with E-state index >= 15 is 0 Å². The molecule has 0 saturated heterocycles. The predicted molar refractivity (Wildman–Crippen MR) is 71.7 cm³/mol. The lowest BCUT2D eigenvalue weighted by Gasteiger charge is -2.08. The first-order valence-electron chi connectivity index (χ1n) is 6.07. The van der Waals surface area contributed by atoms with Crippen molar-refractivity contribution in [1.29, 1.82) is 0 Å². The van der Waals surface area contributed by atoms with E-state index in [4.69, 9.17) is 0 Å². The van der Waals surface area contributed by atoms with Crippen molar-refractivity contribution in [3.8, 4) is 5.69 Å². The summed E-state index contributed by atoms with van der Waals surface area (Å²) in [4.78, 5) is 0. The lowest BCUT2D eigenvalue weighted by atomic mass is 10.1. The fourth-order valence-electron chi connectivity index (χ4n) is 2.47. The van der Waals surface area contributed by atoms with Crippen LogP contribution < -0.4 is 4.57 Å². The third-order valence-electron chi connectivity index (χ3n) is 3.40. The lowest BCUT2D eigenvalue weighted by Crippen LogP contribution is -2.38.